The van der Waals surface area contributed by atoms with E-state index in [2.05, 4.69) is 18.8 Å². The topological polar surface area (TPSA) is 82.3 Å². The van der Waals surface area contributed by atoms with Crippen LogP contribution in [0, 0.1) is 0 Å². The van der Waals surface area contributed by atoms with E-state index in [-0.39, 0.29) is 11.7 Å². The maximum Gasteiger partial charge on any atom is 0.239 e. The number of aromatic nitrogens is 1. The van der Waals surface area contributed by atoms with Crippen LogP contribution < -0.4 is 5.73 Å². The standard InChI is InChI=1S/C21H33N3O2/c1-3-5-7-11-24(12-8-6-4-2)21(26)19(22)13-16-15-23-20-10-9-17(25)14-18(16)20/h9-10,14-15,19,23,25H,3-8,11-13,22H2,1-2H3/t19-/m0/s1. The van der Waals surface area contributed by atoms with Gasteiger partial charge in [0.2, 0.25) is 5.91 Å². The van der Waals surface area contributed by atoms with Crippen LogP contribution in [0.3, 0.4) is 0 Å². The number of nitrogens with one attached hydrogen (secondary N) is 1. The Bertz CT molecular complexity index is 686. The molecule has 1 atom stereocenters. The predicted octanol–water partition coefficient (Wildman–Crippen LogP) is 3.95. The van der Waals surface area contributed by atoms with Crippen LogP contribution in [0.25, 0.3) is 10.9 Å². The molecule has 0 fully saturated rings. The van der Waals surface area contributed by atoms with Crippen LogP contribution in [0.4, 0.5) is 0 Å². The molecule has 0 saturated heterocycles. The summed E-state index contributed by atoms with van der Waals surface area (Å²) in [5.41, 5.74) is 8.20. The lowest BCUT2D eigenvalue weighted by molar-refractivity contribution is -0.132. The summed E-state index contributed by atoms with van der Waals surface area (Å²) in [6.07, 6.45) is 8.97. The van der Waals surface area contributed by atoms with Gasteiger partial charge in [-0.1, -0.05) is 39.5 Å². The number of aromatic hydroxyl groups is 1. The monoisotopic (exact) mass is 359 g/mol. The van der Waals surface area contributed by atoms with Gasteiger partial charge < -0.3 is 20.7 Å². The van der Waals surface area contributed by atoms with E-state index in [0.717, 1.165) is 68.1 Å². The second kappa shape index (κ2) is 10.2. The molecule has 1 aromatic heterocycles. The lowest BCUT2D eigenvalue weighted by atomic mass is 10.0. The molecular formula is C21H33N3O2. The highest BCUT2D eigenvalue weighted by Gasteiger charge is 2.22. The molecule has 144 valence electrons. The van der Waals surface area contributed by atoms with Gasteiger partial charge in [0.1, 0.15) is 5.75 Å². The van der Waals surface area contributed by atoms with Crippen molar-refractivity contribution in [1.29, 1.82) is 0 Å². The van der Waals surface area contributed by atoms with Gasteiger partial charge >= 0.3 is 0 Å². The molecule has 5 nitrogen and oxygen atoms in total. The first kappa shape index (κ1) is 20.3. The number of nitrogens with two attached hydrogens (primary N) is 1. The number of hydrogen-bond acceptors (Lipinski definition) is 3. The van der Waals surface area contributed by atoms with Gasteiger partial charge in [-0.15, -0.1) is 0 Å². The Morgan fingerprint density at radius 3 is 2.42 bits per heavy atom. The van der Waals surface area contributed by atoms with Crippen molar-refractivity contribution in [2.45, 2.75) is 64.8 Å². The van der Waals surface area contributed by atoms with Crippen molar-refractivity contribution < 1.29 is 9.90 Å². The smallest absolute Gasteiger partial charge is 0.239 e. The highest BCUT2D eigenvalue weighted by atomic mass is 16.3. The van der Waals surface area contributed by atoms with Gasteiger partial charge in [0.25, 0.3) is 0 Å². The average Bonchev–Trinajstić information content (AvgIpc) is 3.02. The van der Waals surface area contributed by atoms with Crippen molar-refractivity contribution >= 4 is 16.8 Å². The molecule has 1 heterocycles. The van der Waals surface area contributed by atoms with Gasteiger partial charge in [-0.25, -0.2) is 0 Å². The summed E-state index contributed by atoms with van der Waals surface area (Å²) in [6, 6.07) is 4.65. The van der Waals surface area contributed by atoms with Gasteiger partial charge in [0.05, 0.1) is 6.04 Å². The number of carbonyl (C=O) groups is 1. The summed E-state index contributed by atoms with van der Waals surface area (Å²) in [5, 5.41) is 10.7. The highest BCUT2D eigenvalue weighted by molar-refractivity contribution is 5.87. The molecule has 1 amide bonds. The molecule has 0 unspecified atom stereocenters. The second-order valence-electron chi connectivity index (χ2n) is 7.09. The molecule has 0 aliphatic carbocycles. The SMILES string of the molecule is CCCCCN(CCCCC)C(=O)[C@@H](N)Cc1c[nH]c2ccc(O)cc12. The van der Waals surface area contributed by atoms with E-state index in [1.807, 2.05) is 17.2 Å². The Kier molecular flexibility index (Phi) is 7.98. The fourth-order valence-electron chi connectivity index (χ4n) is 3.33. The van der Waals surface area contributed by atoms with Gasteiger partial charge in [0, 0.05) is 30.2 Å². The molecule has 1 aromatic carbocycles. The number of carbonyl (C=O) groups excluding carboxylic acids is 1. The van der Waals surface area contributed by atoms with Gasteiger partial charge in [-0.3, -0.25) is 4.79 Å². The Hall–Kier alpha value is -2.01. The number of rotatable bonds is 11. The van der Waals surface area contributed by atoms with Crippen molar-refractivity contribution in [3.05, 3.63) is 30.0 Å². The first-order chi connectivity index (χ1) is 12.6. The van der Waals surface area contributed by atoms with Gasteiger partial charge in [-0.2, -0.15) is 0 Å². The molecule has 2 aromatic rings. The van der Waals surface area contributed by atoms with E-state index >= 15 is 0 Å². The van der Waals surface area contributed by atoms with Crippen LogP contribution in [0.5, 0.6) is 5.75 Å². The summed E-state index contributed by atoms with van der Waals surface area (Å²) >= 11 is 0. The molecule has 4 N–H and O–H groups in total. The predicted molar refractivity (Wildman–Crippen MR) is 107 cm³/mol. The van der Waals surface area contributed by atoms with Crippen LogP contribution in [0.2, 0.25) is 0 Å². The van der Waals surface area contributed by atoms with Crippen molar-refractivity contribution in [3.63, 3.8) is 0 Å². The van der Waals surface area contributed by atoms with Crippen LogP contribution in [-0.2, 0) is 11.2 Å². The van der Waals surface area contributed by atoms with E-state index in [1.54, 1.807) is 12.1 Å². The molecule has 0 aliphatic heterocycles. The van der Waals surface area contributed by atoms with Gasteiger partial charge in [-0.05, 0) is 43.0 Å². The molecule has 0 bridgehead atoms. The number of unbranched alkanes of at least 4 members (excludes halogenated alkanes) is 4. The van der Waals surface area contributed by atoms with Crippen LogP contribution in [-0.4, -0.2) is 40.0 Å². The lowest BCUT2D eigenvalue weighted by Gasteiger charge is -2.26. The minimum absolute atomic E-state index is 0.0340. The minimum Gasteiger partial charge on any atom is -0.508 e. The minimum atomic E-state index is -0.556. The largest absolute Gasteiger partial charge is 0.508 e. The number of fused-ring (bicyclic) bond motifs is 1. The molecular weight excluding hydrogens is 326 g/mol. The van der Waals surface area contributed by atoms with Crippen molar-refractivity contribution in [2.75, 3.05) is 13.1 Å². The maximum absolute atomic E-state index is 12.9. The number of H-pyrrole nitrogens is 1. The molecule has 0 aliphatic rings. The summed E-state index contributed by atoms with van der Waals surface area (Å²) in [4.78, 5) is 18.0. The molecule has 2 rings (SSSR count). The zero-order chi connectivity index (χ0) is 18.9. The zero-order valence-electron chi connectivity index (χ0n) is 16.1. The summed E-state index contributed by atoms with van der Waals surface area (Å²) in [5.74, 6) is 0.255. The van der Waals surface area contributed by atoms with E-state index in [0.29, 0.717) is 6.42 Å². The molecule has 0 radical (unpaired) electrons. The maximum atomic E-state index is 12.9. The number of benzene rings is 1. The lowest BCUT2D eigenvalue weighted by Crippen LogP contribution is -2.45. The third-order valence-electron chi connectivity index (χ3n) is 4.88. The fourth-order valence-corrected chi connectivity index (χ4v) is 3.33. The number of phenolic OH excluding ortho intramolecular Hbond substituents is 1. The highest BCUT2D eigenvalue weighted by Crippen LogP contribution is 2.24. The van der Waals surface area contributed by atoms with Crippen LogP contribution >= 0.6 is 0 Å². The Morgan fingerprint density at radius 2 is 1.81 bits per heavy atom. The van der Waals surface area contributed by atoms with E-state index in [4.69, 9.17) is 5.73 Å². The molecule has 0 saturated carbocycles. The second-order valence-corrected chi connectivity index (χ2v) is 7.09. The Labute approximate surface area is 156 Å². The number of hydrogen-bond donors (Lipinski definition) is 3. The summed E-state index contributed by atoms with van der Waals surface area (Å²) < 4.78 is 0. The number of amides is 1. The quantitative estimate of drug-likeness (QED) is 0.531. The molecule has 26 heavy (non-hydrogen) atoms. The first-order valence-electron chi connectivity index (χ1n) is 9.90. The number of aromatic amines is 1. The van der Waals surface area contributed by atoms with E-state index in [9.17, 15) is 9.90 Å². The van der Waals surface area contributed by atoms with Crippen molar-refractivity contribution in [2.24, 2.45) is 5.73 Å². The van der Waals surface area contributed by atoms with E-state index < -0.39 is 6.04 Å². The van der Waals surface area contributed by atoms with Crippen LogP contribution in [0.15, 0.2) is 24.4 Å². The van der Waals surface area contributed by atoms with Crippen LogP contribution in [0.1, 0.15) is 57.9 Å². The Balaban J connectivity index is 2.04. The summed E-state index contributed by atoms with van der Waals surface area (Å²) in [6.45, 7) is 5.92. The first-order valence-corrected chi connectivity index (χ1v) is 9.90. The number of phenols is 1. The Morgan fingerprint density at radius 1 is 1.15 bits per heavy atom. The zero-order valence-corrected chi connectivity index (χ0v) is 16.1. The van der Waals surface area contributed by atoms with Crippen molar-refractivity contribution in [3.8, 4) is 5.75 Å². The number of nitrogens with zero attached hydrogens (tertiary/aromatic N) is 1. The third kappa shape index (κ3) is 5.49. The third-order valence-corrected chi connectivity index (χ3v) is 4.88. The van der Waals surface area contributed by atoms with Gasteiger partial charge in [0.15, 0.2) is 0 Å². The molecule has 0 spiro atoms. The van der Waals surface area contributed by atoms with E-state index in [1.165, 1.54) is 0 Å². The fraction of sp³-hybridized carbons (Fsp3) is 0.571. The summed E-state index contributed by atoms with van der Waals surface area (Å²) in [7, 11) is 0. The molecule has 5 heteroatoms. The average molecular weight is 360 g/mol. The van der Waals surface area contributed by atoms with Crippen molar-refractivity contribution in [1.82, 2.24) is 9.88 Å². The normalized spacial score (nSPS) is 12.4.